The minimum absolute atomic E-state index is 0.0262. The molecule has 134 valence electrons. The topological polar surface area (TPSA) is 73.3 Å². The van der Waals surface area contributed by atoms with Crippen LogP contribution in [0, 0.1) is 5.41 Å². The van der Waals surface area contributed by atoms with Gasteiger partial charge in [-0.3, -0.25) is 19.9 Å². The second-order valence-electron chi connectivity index (χ2n) is 6.20. The molecular formula is C21H17N3O2S. The summed E-state index contributed by atoms with van der Waals surface area (Å²) in [6.45, 7) is 0. The van der Waals surface area contributed by atoms with Crippen LogP contribution in [0.15, 0.2) is 72.8 Å². The van der Waals surface area contributed by atoms with Crippen molar-refractivity contribution in [2.45, 2.75) is 11.7 Å². The number of carbonyl (C=O) groups is 2. The average Bonchev–Trinajstić information content (AvgIpc) is 2.96. The maximum Gasteiger partial charge on any atom is 0.247 e. The second kappa shape index (κ2) is 7.25. The van der Waals surface area contributed by atoms with Crippen molar-refractivity contribution in [1.82, 2.24) is 0 Å². The lowest BCUT2D eigenvalue weighted by Crippen LogP contribution is -2.33. The zero-order chi connectivity index (χ0) is 18.8. The highest BCUT2D eigenvalue weighted by atomic mass is 32.2. The number of amidine groups is 1. The van der Waals surface area contributed by atoms with Gasteiger partial charge in [0.1, 0.15) is 5.25 Å². The number of fused-ring (bicyclic) bond motifs is 1. The molecule has 1 aliphatic heterocycles. The fourth-order valence-corrected chi connectivity index (χ4v) is 4.15. The number of para-hydroxylation sites is 1. The van der Waals surface area contributed by atoms with Crippen LogP contribution in [-0.4, -0.2) is 22.2 Å². The summed E-state index contributed by atoms with van der Waals surface area (Å²) in [4.78, 5) is 26.6. The van der Waals surface area contributed by atoms with Crippen LogP contribution in [0.3, 0.4) is 0 Å². The summed E-state index contributed by atoms with van der Waals surface area (Å²) in [6.07, 6.45) is 0.0262. The summed E-state index contributed by atoms with van der Waals surface area (Å²) < 4.78 is 0. The van der Waals surface area contributed by atoms with E-state index in [0.717, 1.165) is 28.2 Å². The largest absolute Gasteiger partial charge is 0.325 e. The molecule has 0 bridgehead atoms. The Kier molecular flexibility index (Phi) is 4.64. The Morgan fingerprint density at radius 2 is 1.70 bits per heavy atom. The highest BCUT2D eigenvalue weighted by Crippen LogP contribution is 2.33. The number of benzene rings is 3. The quantitative estimate of drug-likeness (QED) is 0.716. The minimum Gasteiger partial charge on any atom is -0.325 e. The van der Waals surface area contributed by atoms with Gasteiger partial charge in [-0.15, -0.1) is 0 Å². The predicted octanol–water partition coefficient (Wildman–Crippen LogP) is 4.25. The second-order valence-corrected chi connectivity index (χ2v) is 7.39. The summed E-state index contributed by atoms with van der Waals surface area (Å²) in [7, 11) is 0. The number of carbonyl (C=O) groups excluding carboxylic acids is 2. The molecule has 1 heterocycles. The molecule has 1 saturated heterocycles. The number of hydrogen-bond acceptors (Lipinski definition) is 4. The van der Waals surface area contributed by atoms with Crippen LogP contribution in [0.5, 0.6) is 0 Å². The highest BCUT2D eigenvalue weighted by molar-refractivity contribution is 8.16. The molecule has 0 radical (unpaired) electrons. The van der Waals surface area contributed by atoms with E-state index in [-0.39, 0.29) is 23.4 Å². The molecule has 0 saturated carbocycles. The third-order valence-electron chi connectivity index (χ3n) is 4.40. The van der Waals surface area contributed by atoms with Gasteiger partial charge in [-0.1, -0.05) is 66.4 Å². The third-order valence-corrected chi connectivity index (χ3v) is 5.46. The van der Waals surface area contributed by atoms with E-state index in [1.54, 1.807) is 12.1 Å². The van der Waals surface area contributed by atoms with Gasteiger partial charge in [0.05, 0.1) is 5.69 Å². The Hall–Kier alpha value is -3.12. The van der Waals surface area contributed by atoms with Crippen molar-refractivity contribution in [3.8, 4) is 0 Å². The lowest BCUT2D eigenvalue weighted by Gasteiger charge is -2.15. The number of thioether (sulfide) groups is 1. The number of rotatable bonds is 4. The molecule has 1 aliphatic rings. The Morgan fingerprint density at radius 3 is 2.52 bits per heavy atom. The molecule has 2 N–H and O–H groups in total. The van der Waals surface area contributed by atoms with Gasteiger partial charge in [0, 0.05) is 17.5 Å². The van der Waals surface area contributed by atoms with Crippen LogP contribution in [-0.2, 0) is 9.59 Å². The zero-order valence-electron chi connectivity index (χ0n) is 14.4. The first-order valence-electron chi connectivity index (χ1n) is 8.55. The maximum absolute atomic E-state index is 12.7. The first-order chi connectivity index (χ1) is 13.1. The predicted molar refractivity (Wildman–Crippen MR) is 110 cm³/mol. The van der Waals surface area contributed by atoms with E-state index in [0.29, 0.717) is 5.69 Å². The maximum atomic E-state index is 12.7. The smallest absolute Gasteiger partial charge is 0.247 e. The van der Waals surface area contributed by atoms with Crippen LogP contribution in [0.2, 0.25) is 0 Å². The van der Waals surface area contributed by atoms with Crippen molar-refractivity contribution in [3.05, 3.63) is 72.8 Å². The summed E-state index contributed by atoms with van der Waals surface area (Å²) in [6, 6.07) is 22.6. The number of anilines is 2. The molecule has 6 heteroatoms. The Morgan fingerprint density at radius 1 is 1.00 bits per heavy atom. The van der Waals surface area contributed by atoms with Gasteiger partial charge >= 0.3 is 0 Å². The van der Waals surface area contributed by atoms with E-state index in [9.17, 15) is 9.59 Å². The molecule has 3 aromatic rings. The lowest BCUT2D eigenvalue weighted by atomic mass is 10.1. The normalized spacial score (nSPS) is 16.7. The SMILES string of the molecule is N=C1SC(CC(=O)Nc2cccc3ccccc23)C(=O)N1c1ccccc1. The highest BCUT2D eigenvalue weighted by Gasteiger charge is 2.39. The molecule has 0 aromatic heterocycles. The molecule has 1 unspecified atom stereocenters. The van der Waals surface area contributed by atoms with Crippen LogP contribution >= 0.6 is 11.8 Å². The van der Waals surface area contributed by atoms with Gasteiger partial charge < -0.3 is 5.32 Å². The standard InChI is InChI=1S/C21H17N3O2S/c22-21-24(15-9-2-1-3-10-15)20(26)18(27-21)13-19(25)23-17-12-6-8-14-7-4-5-11-16(14)17/h1-12,18,22H,13H2,(H,23,25). The van der Waals surface area contributed by atoms with Gasteiger partial charge in [0.15, 0.2) is 5.17 Å². The van der Waals surface area contributed by atoms with Crippen LogP contribution in [0.25, 0.3) is 10.8 Å². The van der Waals surface area contributed by atoms with Crippen molar-refractivity contribution in [3.63, 3.8) is 0 Å². The molecule has 1 atom stereocenters. The van der Waals surface area contributed by atoms with E-state index < -0.39 is 5.25 Å². The summed E-state index contributed by atoms with van der Waals surface area (Å²) in [5, 5.41) is 12.6. The summed E-state index contributed by atoms with van der Waals surface area (Å²) in [5.74, 6) is -0.468. The summed E-state index contributed by atoms with van der Waals surface area (Å²) >= 11 is 1.12. The van der Waals surface area contributed by atoms with Gasteiger partial charge in [0.25, 0.3) is 0 Å². The summed E-state index contributed by atoms with van der Waals surface area (Å²) in [5.41, 5.74) is 1.38. The van der Waals surface area contributed by atoms with E-state index in [1.807, 2.05) is 60.7 Å². The monoisotopic (exact) mass is 375 g/mol. The van der Waals surface area contributed by atoms with Gasteiger partial charge in [-0.25, -0.2) is 0 Å². The van der Waals surface area contributed by atoms with E-state index in [1.165, 1.54) is 4.90 Å². The zero-order valence-corrected chi connectivity index (χ0v) is 15.2. The Bertz CT molecular complexity index is 1030. The number of nitrogens with zero attached hydrogens (tertiary/aromatic N) is 1. The number of hydrogen-bond donors (Lipinski definition) is 2. The van der Waals surface area contributed by atoms with Crippen molar-refractivity contribution in [2.75, 3.05) is 10.2 Å². The minimum atomic E-state index is -0.590. The molecule has 0 aliphatic carbocycles. The fraction of sp³-hybridized carbons (Fsp3) is 0.0952. The third kappa shape index (κ3) is 3.44. The molecule has 27 heavy (non-hydrogen) atoms. The number of amides is 2. The Balaban J connectivity index is 1.49. The van der Waals surface area contributed by atoms with Crippen molar-refractivity contribution < 1.29 is 9.59 Å². The molecule has 3 aromatic carbocycles. The van der Waals surface area contributed by atoms with Crippen LogP contribution < -0.4 is 10.2 Å². The molecule has 2 amide bonds. The van der Waals surface area contributed by atoms with Gasteiger partial charge in [-0.2, -0.15) is 0 Å². The van der Waals surface area contributed by atoms with E-state index in [2.05, 4.69) is 5.32 Å². The van der Waals surface area contributed by atoms with Crippen LogP contribution in [0.4, 0.5) is 11.4 Å². The molecule has 1 fully saturated rings. The average molecular weight is 375 g/mol. The van der Waals surface area contributed by atoms with E-state index >= 15 is 0 Å². The molecule has 4 rings (SSSR count). The fourth-order valence-electron chi connectivity index (χ4n) is 3.14. The van der Waals surface area contributed by atoms with Gasteiger partial charge in [-0.05, 0) is 23.6 Å². The van der Waals surface area contributed by atoms with E-state index in [4.69, 9.17) is 5.41 Å². The Labute approximate surface area is 160 Å². The van der Waals surface area contributed by atoms with Crippen molar-refractivity contribution in [2.24, 2.45) is 0 Å². The molecular weight excluding hydrogens is 358 g/mol. The van der Waals surface area contributed by atoms with Crippen molar-refractivity contribution >= 4 is 50.9 Å². The first kappa shape index (κ1) is 17.3. The van der Waals surface area contributed by atoms with Crippen LogP contribution in [0.1, 0.15) is 6.42 Å². The van der Waals surface area contributed by atoms with Gasteiger partial charge in [0.2, 0.25) is 11.8 Å². The molecule has 5 nitrogen and oxygen atoms in total. The number of nitrogens with one attached hydrogen (secondary N) is 2. The molecule has 0 spiro atoms. The van der Waals surface area contributed by atoms with Crippen molar-refractivity contribution in [1.29, 1.82) is 5.41 Å². The first-order valence-corrected chi connectivity index (χ1v) is 9.43. The lowest BCUT2D eigenvalue weighted by molar-refractivity contribution is -0.121.